The Kier molecular flexibility index (Phi) is 2.83. The largest absolute Gasteiger partial charge is 0.423 e. The van der Waals surface area contributed by atoms with Gasteiger partial charge in [0.15, 0.2) is 5.58 Å². The number of hydrogen-bond donors (Lipinski definition) is 1. The zero-order chi connectivity index (χ0) is 13.4. The summed E-state index contributed by atoms with van der Waals surface area (Å²) in [5.41, 5.74) is 6.98. The maximum Gasteiger partial charge on any atom is 0.298 e. The van der Waals surface area contributed by atoms with E-state index in [-0.39, 0.29) is 11.7 Å². The smallest absolute Gasteiger partial charge is 0.298 e. The molecule has 2 heterocycles. The van der Waals surface area contributed by atoms with E-state index in [1.54, 1.807) is 6.07 Å². The lowest BCUT2D eigenvalue weighted by Crippen LogP contribution is -2.42. The van der Waals surface area contributed by atoms with Crippen molar-refractivity contribution in [1.82, 2.24) is 4.98 Å². The van der Waals surface area contributed by atoms with Gasteiger partial charge in [-0.2, -0.15) is 4.98 Å². The van der Waals surface area contributed by atoms with Gasteiger partial charge in [0.25, 0.3) is 11.7 Å². The molecule has 0 spiro atoms. The highest BCUT2D eigenvalue weighted by Crippen LogP contribution is 2.27. The van der Waals surface area contributed by atoms with Crippen LogP contribution in [0.4, 0.5) is 11.7 Å². The molecular formula is C12H14N4O3. The second-order valence-corrected chi connectivity index (χ2v) is 4.75. The van der Waals surface area contributed by atoms with Crippen LogP contribution >= 0.6 is 0 Å². The first-order valence-electron chi connectivity index (χ1n) is 6.19. The number of anilines is 1. The van der Waals surface area contributed by atoms with E-state index in [4.69, 9.17) is 10.2 Å². The summed E-state index contributed by atoms with van der Waals surface area (Å²) in [7, 11) is 0. The van der Waals surface area contributed by atoms with E-state index in [0.717, 1.165) is 19.4 Å². The SMILES string of the molecule is N[C@@H]1CCCN(c2nc3ccc([N+](=O)[O-])cc3o2)C1. The summed E-state index contributed by atoms with van der Waals surface area (Å²) >= 11 is 0. The molecule has 1 saturated heterocycles. The lowest BCUT2D eigenvalue weighted by atomic mass is 10.1. The number of nitro groups is 1. The molecule has 1 atom stereocenters. The summed E-state index contributed by atoms with van der Waals surface area (Å²) in [5, 5.41) is 10.7. The van der Waals surface area contributed by atoms with E-state index in [0.29, 0.717) is 23.7 Å². The molecule has 2 N–H and O–H groups in total. The van der Waals surface area contributed by atoms with Crippen LogP contribution in [-0.4, -0.2) is 29.0 Å². The van der Waals surface area contributed by atoms with Crippen LogP contribution in [0.1, 0.15) is 12.8 Å². The topological polar surface area (TPSA) is 98.4 Å². The molecule has 19 heavy (non-hydrogen) atoms. The maximum atomic E-state index is 10.7. The highest BCUT2D eigenvalue weighted by molar-refractivity contribution is 5.77. The van der Waals surface area contributed by atoms with Crippen molar-refractivity contribution in [1.29, 1.82) is 0 Å². The zero-order valence-corrected chi connectivity index (χ0v) is 10.3. The highest BCUT2D eigenvalue weighted by atomic mass is 16.6. The minimum absolute atomic E-state index is 0.00513. The Balaban J connectivity index is 1.94. The number of piperidine rings is 1. The van der Waals surface area contributed by atoms with Crippen molar-refractivity contribution in [3.63, 3.8) is 0 Å². The number of benzene rings is 1. The summed E-state index contributed by atoms with van der Waals surface area (Å²) in [5.74, 6) is 0. The fraction of sp³-hybridized carbons (Fsp3) is 0.417. The predicted molar refractivity (Wildman–Crippen MR) is 70.1 cm³/mol. The van der Waals surface area contributed by atoms with Crippen molar-refractivity contribution in [3.8, 4) is 0 Å². The first-order valence-corrected chi connectivity index (χ1v) is 6.19. The summed E-state index contributed by atoms with van der Waals surface area (Å²) in [6.45, 7) is 1.55. The van der Waals surface area contributed by atoms with Gasteiger partial charge in [-0.15, -0.1) is 0 Å². The third-order valence-electron chi connectivity index (χ3n) is 3.30. The van der Waals surface area contributed by atoms with Gasteiger partial charge in [-0.25, -0.2) is 0 Å². The summed E-state index contributed by atoms with van der Waals surface area (Å²) in [6, 6.07) is 5.04. The van der Waals surface area contributed by atoms with E-state index >= 15 is 0 Å². The molecule has 2 aromatic rings. The van der Waals surface area contributed by atoms with Gasteiger partial charge in [-0.05, 0) is 18.9 Å². The molecule has 1 fully saturated rings. The molecule has 1 aliphatic heterocycles. The first-order chi connectivity index (χ1) is 9.13. The molecule has 3 rings (SSSR count). The molecule has 1 aliphatic rings. The normalized spacial score (nSPS) is 19.8. The third kappa shape index (κ3) is 2.24. The fourth-order valence-electron chi connectivity index (χ4n) is 2.33. The predicted octanol–water partition coefficient (Wildman–Crippen LogP) is 1.66. The van der Waals surface area contributed by atoms with Crippen molar-refractivity contribution in [2.24, 2.45) is 5.73 Å². The zero-order valence-electron chi connectivity index (χ0n) is 10.3. The van der Waals surface area contributed by atoms with Gasteiger partial charge in [-0.1, -0.05) is 0 Å². The van der Waals surface area contributed by atoms with Gasteiger partial charge in [0.1, 0.15) is 5.52 Å². The Bertz CT molecular complexity index is 624. The van der Waals surface area contributed by atoms with Crippen LogP contribution in [0.15, 0.2) is 22.6 Å². The maximum absolute atomic E-state index is 10.7. The van der Waals surface area contributed by atoms with Crippen LogP contribution in [0.5, 0.6) is 0 Å². The molecule has 0 radical (unpaired) electrons. The number of aromatic nitrogens is 1. The molecular weight excluding hydrogens is 248 g/mol. The third-order valence-corrected chi connectivity index (χ3v) is 3.30. The highest BCUT2D eigenvalue weighted by Gasteiger charge is 2.21. The number of nitro benzene ring substituents is 1. The van der Waals surface area contributed by atoms with E-state index in [9.17, 15) is 10.1 Å². The van der Waals surface area contributed by atoms with Gasteiger partial charge in [0, 0.05) is 25.2 Å². The fourth-order valence-corrected chi connectivity index (χ4v) is 2.33. The number of rotatable bonds is 2. The second-order valence-electron chi connectivity index (χ2n) is 4.75. The summed E-state index contributed by atoms with van der Waals surface area (Å²) in [4.78, 5) is 16.6. The number of non-ortho nitro benzene ring substituents is 1. The van der Waals surface area contributed by atoms with E-state index < -0.39 is 4.92 Å². The van der Waals surface area contributed by atoms with Crippen LogP contribution in [0.25, 0.3) is 11.1 Å². The van der Waals surface area contributed by atoms with Gasteiger partial charge < -0.3 is 15.1 Å². The van der Waals surface area contributed by atoms with Crippen molar-refractivity contribution in [3.05, 3.63) is 28.3 Å². The number of nitrogens with two attached hydrogens (primary N) is 1. The first kappa shape index (κ1) is 11.9. The number of fused-ring (bicyclic) bond motifs is 1. The van der Waals surface area contributed by atoms with Crippen molar-refractivity contribution in [2.45, 2.75) is 18.9 Å². The average molecular weight is 262 g/mol. The molecule has 1 aromatic heterocycles. The van der Waals surface area contributed by atoms with Crippen molar-refractivity contribution < 1.29 is 9.34 Å². The number of hydrogen-bond acceptors (Lipinski definition) is 6. The molecule has 1 aromatic carbocycles. The van der Waals surface area contributed by atoms with Gasteiger partial charge in [0.2, 0.25) is 0 Å². The van der Waals surface area contributed by atoms with Crippen molar-refractivity contribution >= 4 is 22.8 Å². The number of oxazole rings is 1. The Morgan fingerprint density at radius 2 is 2.37 bits per heavy atom. The summed E-state index contributed by atoms with van der Waals surface area (Å²) in [6.07, 6.45) is 2.00. The monoisotopic (exact) mass is 262 g/mol. The lowest BCUT2D eigenvalue weighted by Gasteiger charge is -2.29. The molecule has 0 aliphatic carbocycles. The Hall–Kier alpha value is -2.15. The minimum Gasteiger partial charge on any atom is -0.423 e. The minimum atomic E-state index is -0.446. The van der Waals surface area contributed by atoms with Crippen LogP contribution in [0.3, 0.4) is 0 Å². The standard InChI is InChI=1S/C12H14N4O3/c13-8-2-1-5-15(7-8)12-14-10-4-3-9(16(17)18)6-11(10)19-12/h3-4,6,8H,1-2,5,7,13H2/t8-/m1/s1. The molecule has 7 nitrogen and oxygen atoms in total. The van der Waals surface area contributed by atoms with Gasteiger partial charge in [-0.3, -0.25) is 10.1 Å². The molecule has 100 valence electrons. The van der Waals surface area contributed by atoms with Crippen molar-refractivity contribution in [2.75, 3.05) is 18.0 Å². The molecule has 0 saturated carbocycles. The Labute approximate surface area is 109 Å². The summed E-state index contributed by atoms with van der Waals surface area (Å²) < 4.78 is 5.60. The molecule has 7 heteroatoms. The van der Waals surface area contributed by atoms with E-state index in [1.807, 2.05) is 4.90 Å². The molecule has 0 bridgehead atoms. The lowest BCUT2D eigenvalue weighted by molar-refractivity contribution is -0.384. The van der Waals surface area contributed by atoms with E-state index in [2.05, 4.69) is 4.98 Å². The van der Waals surface area contributed by atoms with Crippen LogP contribution < -0.4 is 10.6 Å². The Morgan fingerprint density at radius 3 is 3.11 bits per heavy atom. The number of nitrogens with zero attached hydrogens (tertiary/aromatic N) is 3. The van der Waals surface area contributed by atoms with E-state index in [1.165, 1.54) is 12.1 Å². The van der Waals surface area contributed by atoms with Gasteiger partial charge in [0.05, 0.1) is 11.0 Å². The van der Waals surface area contributed by atoms with Crippen LogP contribution in [0.2, 0.25) is 0 Å². The van der Waals surface area contributed by atoms with Crippen LogP contribution in [-0.2, 0) is 0 Å². The molecule has 0 unspecified atom stereocenters. The Morgan fingerprint density at radius 1 is 1.53 bits per heavy atom. The van der Waals surface area contributed by atoms with Gasteiger partial charge >= 0.3 is 0 Å². The average Bonchev–Trinajstić information content (AvgIpc) is 2.81. The quantitative estimate of drug-likeness (QED) is 0.652. The second kappa shape index (κ2) is 4.51. The molecule has 0 amide bonds. The van der Waals surface area contributed by atoms with Crippen LogP contribution in [0, 0.1) is 10.1 Å².